The van der Waals surface area contributed by atoms with E-state index in [2.05, 4.69) is 6.92 Å². The molecule has 0 aliphatic carbocycles. The van der Waals surface area contributed by atoms with Crippen molar-refractivity contribution in [2.24, 2.45) is 0 Å². The molecule has 2 aliphatic heterocycles. The lowest BCUT2D eigenvalue weighted by Gasteiger charge is -2.24. The maximum atomic E-state index is 13.0. The number of anilines is 1. The van der Waals surface area contributed by atoms with Crippen molar-refractivity contribution in [1.29, 1.82) is 0 Å². The summed E-state index contributed by atoms with van der Waals surface area (Å²) in [7, 11) is 0. The number of imide groups is 1. The summed E-state index contributed by atoms with van der Waals surface area (Å²) < 4.78 is 0. The highest BCUT2D eigenvalue weighted by molar-refractivity contribution is 8.18. The number of amides is 3. The lowest BCUT2D eigenvalue weighted by Crippen LogP contribution is -2.42. The number of carbonyl (C=O) groups excluding carboxylic acids is 3. The first-order valence-electron chi connectivity index (χ1n) is 8.88. The van der Waals surface area contributed by atoms with Gasteiger partial charge in [-0.2, -0.15) is 0 Å². The Morgan fingerprint density at radius 1 is 1.21 bits per heavy atom. The molecule has 3 amide bonds. The Labute approximate surface area is 175 Å². The van der Waals surface area contributed by atoms with Crippen molar-refractivity contribution >= 4 is 63.7 Å². The standard InChI is InChI=1S/C20H18N2O3S3/c1-13-8-9-21(15-6-2-3-7-16(15)27-13)18(23)12-22-19(24)17(28-20(22)25)11-14-5-4-10-26-14/h2-7,10-11,13H,8-9,12H2,1H3/b17-11-. The van der Waals surface area contributed by atoms with Crippen LogP contribution in [0.1, 0.15) is 18.2 Å². The van der Waals surface area contributed by atoms with Gasteiger partial charge in [-0.15, -0.1) is 23.1 Å². The van der Waals surface area contributed by atoms with Crippen LogP contribution in [0, 0.1) is 0 Å². The molecule has 8 heteroatoms. The molecule has 3 heterocycles. The summed E-state index contributed by atoms with van der Waals surface area (Å²) >= 11 is 4.13. The van der Waals surface area contributed by atoms with Crippen molar-refractivity contribution in [2.75, 3.05) is 18.0 Å². The summed E-state index contributed by atoms with van der Waals surface area (Å²) in [5.41, 5.74) is 0.850. The normalized spacial score (nSPS) is 21.2. The van der Waals surface area contributed by atoms with E-state index in [1.54, 1.807) is 22.7 Å². The fourth-order valence-corrected chi connectivity index (χ4v) is 5.78. The Morgan fingerprint density at radius 2 is 2.04 bits per heavy atom. The van der Waals surface area contributed by atoms with E-state index in [0.717, 1.165) is 38.5 Å². The molecule has 144 valence electrons. The van der Waals surface area contributed by atoms with Crippen LogP contribution < -0.4 is 4.90 Å². The minimum Gasteiger partial charge on any atom is -0.310 e. The first-order valence-corrected chi connectivity index (χ1v) is 11.5. The smallest absolute Gasteiger partial charge is 0.294 e. The highest BCUT2D eigenvalue weighted by Gasteiger charge is 2.37. The number of thioether (sulfide) groups is 2. The molecule has 1 aromatic carbocycles. The summed E-state index contributed by atoms with van der Waals surface area (Å²) in [6, 6.07) is 11.6. The molecule has 0 N–H and O–H groups in total. The van der Waals surface area contributed by atoms with Crippen molar-refractivity contribution < 1.29 is 14.4 Å². The molecule has 0 bridgehead atoms. The van der Waals surface area contributed by atoms with E-state index in [-0.39, 0.29) is 12.5 Å². The second kappa shape index (κ2) is 8.14. The number of para-hydroxylation sites is 1. The summed E-state index contributed by atoms with van der Waals surface area (Å²) in [5, 5.41) is 1.91. The van der Waals surface area contributed by atoms with Gasteiger partial charge in [0.05, 0.1) is 10.6 Å². The number of nitrogens with zero attached hydrogens (tertiary/aromatic N) is 2. The van der Waals surface area contributed by atoms with Crippen LogP contribution >= 0.6 is 34.9 Å². The van der Waals surface area contributed by atoms with Gasteiger partial charge in [0.1, 0.15) is 6.54 Å². The van der Waals surface area contributed by atoms with E-state index < -0.39 is 11.1 Å². The van der Waals surface area contributed by atoms with Crippen LogP contribution in [0.5, 0.6) is 0 Å². The van der Waals surface area contributed by atoms with E-state index >= 15 is 0 Å². The Kier molecular flexibility index (Phi) is 5.61. The highest BCUT2D eigenvalue weighted by atomic mass is 32.2. The molecule has 1 aromatic heterocycles. The Morgan fingerprint density at radius 3 is 2.82 bits per heavy atom. The van der Waals surface area contributed by atoms with Crippen molar-refractivity contribution in [2.45, 2.75) is 23.5 Å². The molecule has 0 spiro atoms. The number of carbonyl (C=O) groups is 3. The van der Waals surface area contributed by atoms with Crippen LogP contribution in [0.2, 0.25) is 0 Å². The third-order valence-corrected chi connectivity index (χ3v) is 7.49. The third kappa shape index (κ3) is 3.90. The van der Waals surface area contributed by atoms with Crippen molar-refractivity contribution in [3.05, 3.63) is 51.6 Å². The van der Waals surface area contributed by atoms with Gasteiger partial charge in [-0.05, 0) is 47.8 Å². The quantitative estimate of drug-likeness (QED) is 0.661. The Bertz CT molecular complexity index is 955. The number of hydrogen-bond donors (Lipinski definition) is 0. The third-order valence-electron chi connectivity index (χ3n) is 4.53. The number of thiophene rings is 1. The summed E-state index contributed by atoms with van der Waals surface area (Å²) in [6.45, 7) is 2.48. The Balaban J connectivity index is 1.54. The molecule has 2 aliphatic rings. The van der Waals surface area contributed by atoms with Crippen LogP contribution in [0.4, 0.5) is 10.5 Å². The minimum atomic E-state index is -0.400. The molecule has 1 atom stereocenters. The van der Waals surface area contributed by atoms with Crippen LogP contribution in [-0.4, -0.2) is 40.3 Å². The zero-order valence-corrected chi connectivity index (χ0v) is 17.6. The van der Waals surface area contributed by atoms with Crippen LogP contribution in [0.15, 0.2) is 51.6 Å². The van der Waals surface area contributed by atoms with Gasteiger partial charge in [0.2, 0.25) is 5.91 Å². The SMILES string of the molecule is CC1CCN(C(=O)CN2C(=O)S/C(=C\c3cccs3)C2=O)c2ccccc2S1. The molecular weight excluding hydrogens is 412 g/mol. The zero-order chi connectivity index (χ0) is 19.7. The number of fused-ring (bicyclic) bond motifs is 1. The molecule has 4 rings (SSSR count). The summed E-state index contributed by atoms with van der Waals surface area (Å²) in [5.74, 6) is -0.635. The van der Waals surface area contributed by atoms with E-state index in [9.17, 15) is 14.4 Å². The molecule has 1 saturated heterocycles. The lowest BCUT2D eigenvalue weighted by molar-refractivity contribution is -0.128. The topological polar surface area (TPSA) is 57.7 Å². The average Bonchev–Trinajstić information content (AvgIpc) is 3.22. The molecule has 28 heavy (non-hydrogen) atoms. The lowest BCUT2D eigenvalue weighted by atomic mass is 10.2. The second-order valence-electron chi connectivity index (χ2n) is 6.51. The molecule has 5 nitrogen and oxygen atoms in total. The van der Waals surface area contributed by atoms with Gasteiger partial charge < -0.3 is 4.90 Å². The first kappa shape index (κ1) is 19.3. The van der Waals surface area contributed by atoms with Crippen molar-refractivity contribution in [1.82, 2.24) is 4.90 Å². The maximum absolute atomic E-state index is 13.0. The Hall–Kier alpha value is -2.03. The van der Waals surface area contributed by atoms with E-state index in [1.807, 2.05) is 41.8 Å². The van der Waals surface area contributed by atoms with Crippen LogP contribution in [-0.2, 0) is 9.59 Å². The van der Waals surface area contributed by atoms with E-state index in [1.165, 1.54) is 11.3 Å². The molecule has 2 aromatic rings. The van der Waals surface area contributed by atoms with Crippen LogP contribution in [0.3, 0.4) is 0 Å². The molecule has 1 fully saturated rings. The van der Waals surface area contributed by atoms with Gasteiger partial charge >= 0.3 is 0 Å². The predicted molar refractivity (Wildman–Crippen MR) is 116 cm³/mol. The summed E-state index contributed by atoms with van der Waals surface area (Å²) in [6.07, 6.45) is 2.56. The van der Waals surface area contributed by atoms with Gasteiger partial charge in [-0.25, -0.2) is 0 Å². The van der Waals surface area contributed by atoms with E-state index in [0.29, 0.717) is 16.7 Å². The monoisotopic (exact) mass is 430 g/mol. The summed E-state index contributed by atoms with van der Waals surface area (Å²) in [4.78, 5) is 43.1. The fraction of sp³-hybridized carbons (Fsp3) is 0.250. The molecular formula is C20H18N2O3S3. The molecule has 0 radical (unpaired) electrons. The molecule has 1 unspecified atom stereocenters. The first-order chi connectivity index (χ1) is 13.5. The zero-order valence-electron chi connectivity index (χ0n) is 15.2. The molecule has 0 saturated carbocycles. The van der Waals surface area contributed by atoms with Gasteiger partial charge in [-0.1, -0.05) is 25.1 Å². The van der Waals surface area contributed by atoms with Crippen LogP contribution in [0.25, 0.3) is 6.08 Å². The largest absolute Gasteiger partial charge is 0.310 e. The van der Waals surface area contributed by atoms with E-state index in [4.69, 9.17) is 0 Å². The fourth-order valence-electron chi connectivity index (χ4n) is 3.11. The number of hydrogen-bond acceptors (Lipinski definition) is 6. The van der Waals surface area contributed by atoms with Gasteiger partial charge in [0, 0.05) is 21.6 Å². The minimum absolute atomic E-state index is 0.234. The predicted octanol–water partition coefficient (Wildman–Crippen LogP) is 4.70. The second-order valence-corrected chi connectivity index (χ2v) is 9.97. The van der Waals surface area contributed by atoms with Crippen molar-refractivity contribution in [3.8, 4) is 0 Å². The van der Waals surface area contributed by atoms with Gasteiger partial charge in [0.25, 0.3) is 11.1 Å². The maximum Gasteiger partial charge on any atom is 0.294 e. The average molecular weight is 431 g/mol. The van der Waals surface area contributed by atoms with Gasteiger partial charge in [0.15, 0.2) is 0 Å². The highest BCUT2D eigenvalue weighted by Crippen LogP contribution is 2.38. The van der Waals surface area contributed by atoms with Gasteiger partial charge in [-0.3, -0.25) is 19.3 Å². The number of benzene rings is 1. The number of rotatable bonds is 3. The van der Waals surface area contributed by atoms with Crippen molar-refractivity contribution in [3.63, 3.8) is 0 Å².